The molecule has 5 rings (SSSR count). The molecule has 1 aromatic carbocycles. The summed E-state index contributed by atoms with van der Waals surface area (Å²) in [7, 11) is 2.03. The van der Waals surface area contributed by atoms with Crippen molar-refractivity contribution in [1.82, 2.24) is 9.47 Å². The van der Waals surface area contributed by atoms with Crippen LogP contribution in [0.2, 0.25) is 0 Å². The van der Waals surface area contributed by atoms with Gasteiger partial charge in [-0.2, -0.15) is 0 Å². The third-order valence-electron chi connectivity index (χ3n) is 7.96. The summed E-state index contributed by atoms with van der Waals surface area (Å²) in [4.78, 5) is 30.6. The van der Waals surface area contributed by atoms with Gasteiger partial charge in [0.15, 0.2) is 0 Å². The fourth-order valence-corrected chi connectivity index (χ4v) is 5.78. The molecule has 2 fully saturated rings. The fourth-order valence-electron chi connectivity index (χ4n) is 5.78. The zero-order chi connectivity index (χ0) is 24.1. The summed E-state index contributed by atoms with van der Waals surface area (Å²) in [5.74, 6) is -1.02. The van der Waals surface area contributed by atoms with Gasteiger partial charge in [-0.1, -0.05) is 6.92 Å². The number of pyridine rings is 1. The van der Waals surface area contributed by atoms with Crippen LogP contribution in [0.5, 0.6) is 0 Å². The molecule has 3 aliphatic heterocycles. The molecule has 2 saturated heterocycles. The molecule has 1 N–H and O–H groups in total. The molecule has 0 bridgehead atoms. The van der Waals surface area contributed by atoms with E-state index in [1.165, 1.54) is 6.07 Å². The molecule has 0 saturated carbocycles. The quantitative estimate of drug-likeness (QED) is 0.694. The number of carbonyl (C=O) groups is 1. The lowest BCUT2D eigenvalue weighted by Gasteiger charge is -2.38. The van der Waals surface area contributed by atoms with Crippen LogP contribution in [0, 0.1) is 11.7 Å². The third kappa shape index (κ3) is 4.01. The van der Waals surface area contributed by atoms with E-state index >= 15 is 4.39 Å². The number of aromatic nitrogens is 1. The number of aryl methyl sites for hydroxylation is 1. The van der Waals surface area contributed by atoms with Gasteiger partial charge in [0.25, 0.3) is 0 Å². The minimum absolute atomic E-state index is 0.0204. The van der Waals surface area contributed by atoms with E-state index < -0.39 is 17.2 Å². The standard InChI is InChI=1S/C26H34FN3O4/c1-15-13-29(11-8-22(15)31)24-18-5-4-16(2)30-14-20(25(32)19(23(18)30)12-21(24)27)26(33)34-17-6-9-28(3)10-7-17/h12,14-17,22,31H,4-11,13H2,1-3H3/t15?,16-,22?/m0/s1. The molecule has 1 aromatic heterocycles. The van der Waals surface area contributed by atoms with Crippen LogP contribution in [-0.4, -0.2) is 66.0 Å². The first-order valence-electron chi connectivity index (χ1n) is 12.5. The Bertz CT molecular complexity index is 1170. The maximum absolute atomic E-state index is 15.6. The summed E-state index contributed by atoms with van der Waals surface area (Å²) >= 11 is 0. The first-order chi connectivity index (χ1) is 16.2. The van der Waals surface area contributed by atoms with Gasteiger partial charge < -0.3 is 24.2 Å². The van der Waals surface area contributed by atoms with Crippen molar-refractivity contribution in [2.75, 3.05) is 38.1 Å². The van der Waals surface area contributed by atoms with Gasteiger partial charge in [-0.15, -0.1) is 0 Å². The van der Waals surface area contributed by atoms with Gasteiger partial charge in [0.2, 0.25) is 5.43 Å². The largest absolute Gasteiger partial charge is 0.459 e. The van der Waals surface area contributed by atoms with Crippen LogP contribution >= 0.6 is 0 Å². The zero-order valence-electron chi connectivity index (χ0n) is 20.2. The number of aliphatic hydroxyl groups excluding tert-OH is 1. The number of hydrogen-bond donors (Lipinski definition) is 1. The van der Waals surface area contributed by atoms with Crippen LogP contribution in [0.1, 0.15) is 61.5 Å². The number of nitrogens with zero attached hydrogens (tertiary/aromatic N) is 3. The number of benzene rings is 1. The summed E-state index contributed by atoms with van der Waals surface area (Å²) in [6.07, 6.45) is 4.56. The second-order valence-electron chi connectivity index (χ2n) is 10.4. The second kappa shape index (κ2) is 8.96. The van der Waals surface area contributed by atoms with Crippen molar-refractivity contribution in [2.24, 2.45) is 5.92 Å². The highest BCUT2D eigenvalue weighted by Crippen LogP contribution is 2.39. The molecule has 3 atom stereocenters. The van der Waals surface area contributed by atoms with Crippen molar-refractivity contribution in [2.45, 2.75) is 64.2 Å². The van der Waals surface area contributed by atoms with E-state index in [9.17, 15) is 14.7 Å². The Morgan fingerprint density at radius 1 is 1.15 bits per heavy atom. The number of esters is 1. The predicted octanol–water partition coefficient (Wildman–Crippen LogP) is 3.11. The molecule has 0 radical (unpaired) electrons. The summed E-state index contributed by atoms with van der Waals surface area (Å²) in [5, 5.41) is 10.4. The molecule has 7 nitrogen and oxygen atoms in total. The monoisotopic (exact) mass is 471 g/mol. The lowest BCUT2D eigenvalue weighted by Crippen LogP contribution is -2.43. The van der Waals surface area contributed by atoms with Crippen molar-refractivity contribution >= 4 is 22.6 Å². The molecule has 8 heteroatoms. The van der Waals surface area contributed by atoms with Crippen molar-refractivity contribution in [3.8, 4) is 0 Å². The molecule has 184 valence electrons. The van der Waals surface area contributed by atoms with E-state index in [1.807, 2.05) is 23.4 Å². The second-order valence-corrected chi connectivity index (χ2v) is 10.4. The van der Waals surface area contributed by atoms with Gasteiger partial charge >= 0.3 is 5.97 Å². The minimum atomic E-state index is -0.618. The molecule has 4 heterocycles. The van der Waals surface area contributed by atoms with Crippen LogP contribution in [0.25, 0.3) is 10.9 Å². The van der Waals surface area contributed by atoms with Crippen molar-refractivity contribution in [3.05, 3.63) is 39.4 Å². The summed E-state index contributed by atoms with van der Waals surface area (Å²) in [6, 6.07) is 1.37. The number of piperidine rings is 2. The minimum Gasteiger partial charge on any atom is -0.459 e. The van der Waals surface area contributed by atoms with Gasteiger partial charge in [-0.05, 0) is 58.1 Å². The highest BCUT2D eigenvalue weighted by molar-refractivity contribution is 5.96. The van der Waals surface area contributed by atoms with Crippen LogP contribution in [0.3, 0.4) is 0 Å². The number of carbonyl (C=O) groups excluding carboxylic acids is 1. The van der Waals surface area contributed by atoms with Crippen LogP contribution in [0.4, 0.5) is 10.1 Å². The first kappa shape index (κ1) is 23.3. The molecule has 0 spiro atoms. The number of rotatable bonds is 3. The molecule has 0 amide bonds. The lowest BCUT2D eigenvalue weighted by atomic mass is 9.91. The van der Waals surface area contributed by atoms with Crippen molar-refractivity contribution in [3.63, 3.8) is 0 Å². The van der Waals surface area contributed by atoms with E-state index in [0.717, 1.165) is 43.4 Å². The van der Waals surface area contributed by atoms with E-state index in [4.69, 9.17) is 4.74 Å². The van der Waals surface area contributed by atoms with Gasteiger partial charge in [-0.3, -0.25) is 4.79 Å². The first-order valence-corrected chi connectivity index (χ1v) is 12.5. The maximum atomic E-state index is 15.6. The van der Waals surface area contributed by atoms with Gasteiger partial charge in [-0.25, -0.2) is 9.18 Å². The smallest absolute Gasteiger partial charge is 0.343 e. The highest BCUT2D eigenvalue weighted by atomic mass is 19.1. The van der Waals surface area contributed by atoms with Crippen LogP contribution < -0.4 is 10.3 Å². The Balaban J connectivity index is 1.57. The predicted molar refractivity (Wildman–Crippen MR) is 129 cm³/mol. The van der Waals surface area contributed by atoms with E-state index in [1.54, 1.807) is 6.20 Å². The Kier molecular flexibility index (Phi) is 6.14. The third-order valence-corrected chi connectivity index (χ3v) is 7.96. The number of hydrogen-bond acceptors (Lipinski definition) is 6. The van der Waals surface area contributed by atoms with Crippen molar-refractivity contribution < 1.29 is 19.0 Å². The molecule has 3 aliphatic rings. The van der Waals surface area contributed by atoms with Gasteiger partial charge in [0.05, 0.1) is 17.3 Å². The Labute approximate surface area is 199 Å². The van der Waals surface area contributed by atoms with E-state index in [0.29, 0.717) is 31.6 Å². The Hall–Kier alpha value is -2.45. The van der Waals surface area contributed by atoms with E-state index in [2.05, 4.69) is 11.8 Å². The molecular weight excluding hydrogens is 437 g/mol. The average molecular weight is 472 g/mol. The molecule has 34 heavy (non-hydrogen) atoms. The maximum Gasteiger partial charge on any atom is 0.343 e. The normalized spacial score (nSPS) is 26.1. The molecular formula is C26H34FN3O4. The molecule has 2 unspecified atom stereocenters. The van der Waals surface area contributed by atoms with E-state index in [-0.39, 0.29) is 35.1 Å². The lowest BCUT2D eigenvalue weighted by molar-refractivity contribution is 0.0137. The SMILES string of the molecule is CC1CN(c2c(F)cc3c(=O)c(C(=O)OC4CCN(C)CC4)cn4c3c2CC[C@@H]4C)CCC1O. The summed E-state index contributed by atoms with van der Waals surface area (Å²) in [6.45, 7) is 6.86. The van der Waals surface area contributed by atoms with Crippen LogP contribution in [0.15, 0.2) is 17.1 Å². The Morgan fingerprint density at radius 3 is 2.59 bits per heavy atom. The molecule has 0 aliphatic carbocycles. The van der Waals surface area contributed by atoms with Gasteiger partial charge in [0.1, 0.15) is 17.5 Å². The summed E-state index contributed by atoms with van der Waals surface area (Å²) in [5.41, 5.74) is 1.59. The number of ether oxygens (including phenoxy) is 1. The van der Waals surface area contributed by atoms with Crippen LogP contribution in [-0.2, 0) is 11.2 Å². The fraction of sp³-hybridized carbons (Fsp3) is 0.615. The zero-order valence-corrected chi connectivity index (χ0v) is 20.2. The number of anilines is 1. The molecule has 2 aromatic rings. The number of halogens is 1. The van der Waals surface area contributed by atoms with Crippen molar-refractivity contribution in [1.29, 1.82) is 0 Å². The topological polar surface area (TPSA) is 75.0 Å². The summed E-state index contributed by atoms with van der Waals surface area (Å²) < 4.78 is 23.2. The average Bonchev–Trinajstić information content (AvgIpc) is 2.80. The number of aliphatic hydroxyl groups is 1. The highest BCUT2D eigenvalue weighted by Gasteiger charge is 2.32. The number of likely N-dealkylation sites (tertiary alicyclic amines) is 1. The van der Waals surface area contributed by atoms with Gasteiger partial charge in [0, 0.05) is 49.4 Å². The Morgan fingerprint density at radius 2 is 1.88 bits per heavy atom.